The van der Waals surface area contributed by atoms with Crippen LogP contribution in [-0.4, -0.2) is 70.7 Å². The van der Waals surface area contributed by atoms with Crippen molar-refractivity contribution in [1.29, 1.82) is 0 Å². The molecule has 4 fully saturated rings. The summed E-state index contributed by atoms with van der Waals surface area (Å²) in [6.07, 6.45) is 0.480. The maximum absolute atomic E-state index is 14.1. The van der Waals surface area contributed by atoms with Gasteiger partial charge in [0.2, 0.25) is 23.5 Å². The molecule has 0 aromatic heterocycles. The van der Waals surface area contributed by atoms with E-state index in [1.165, 1.54) is 4.90 Å². The number of likely N-dealkylation sites (tertiary alicyclic amines) is 1. The number of carbonyl (C=O) groups excluding carboxylic acids is 5. The maximum Gasteiger partial charge on any atom is 0.408 e. The van der Waals surface area contributed by atoms with E-state index in [-0.39, 0.29) is 42.6 Å². The number of nitrogens with two attached hydrogens (primary N) is 1. The number of hydrogen-bond acceptors (Lipinski definition) is 6. The van der Waals surface area contributed by atoms with Crippen LogP contribution >= 0.6 is 0 Å². The van der Waals surface area contributed by atoms with Gasteiger partial charge in [-0.15, -0.1) is 0 Å². The van der Waals surface area contributed by atoms with Crippen LogP contribution < -0.4 is 16.4 Å². The number of nitrogens with one attached hydrogen (secondary N) is 2. The van der Waals surface area contributed by atoms with Crippen LogP contribution in [0.1, 0.15) is 79.6 Å². The third-order valence-corrected chi connectivity index (χ3v) is 9.07. The second-order valence-corrected chi connectivity index (χ2v) is 13.7. The number of alkyl halides is 2. The molecule has 4 amide bonds. The third kappa shape index (κ3) is 6.57. The summed E-state index contributed by atoms with van der Waals surface area (Å²) in [7, 11) is 0. The van der Waals surface area contributed by atoms with E-state index < -0.39 is 78.0 Å². The number of piperidine rings is 1. The first-order chi connectivity index (χ1) is 18.4. The van der Waals surface area contributed by atoms with Crippen molar-refractivity contribution in [2.45, 2.75) is 109 Å². The predicted octanol–water partition coefficient (Wildman–Crippen LogP) is 2.53. The van der Waals surface area contributed by atoms with Gasteiger partial charge >= 0.3 is 6.09 Å². The molecule has 12 heteroatoms. The molecular formula is C28H42F2N4O6. The van der Waals surface area contributed by atoms with Crippen LogP contribution in [0.15, 0.2) is 0 Å². The number of nitrogens with zero attached hydrogens (tertiary/aromatic N) is 1. The van der Waals surface area contributed by atoms with E-state index in [0.717, 1.165) is 12.8 Å². The Labute approximate surface area is 233 Å². The number of Topliss-reactive ketones (excluding diaryl/α,β-unsaturated/α-hetero) is 1. The lowest BCUT2D eigenvalue weighted by Gasteiger charge is -2.38. The van der Waals surface area contributed by atoms with Gasteiger partial charge in [0.15, 0.2) is 0 Å². The molecular weight excluding hydrogens is 526 g/mol. The van der Waals surface area contributed by atoms with Gasteiger partial charge in [-0.05, 0) is 69.1 Å². The van der Waals surface area contributed by atoms with Crippen LogP contribution in [0.2, 0.25) is 0 Å². The van der Waals surface area contributed by atoms with Gasteiger partial charge in [-0.1, -0.05) is 26.7 Å². The molecule has 0 bridgehead atoms. The van der Waals surface area contributed by atoms with Crippen LogP contribution in [0.3, 0.4) is 0 Å². The van der Waals surface area contributed by atoms with Gasteiger partial charge in [0.05, 0.1) is 6.04 Å². The lowest BCUT2D eigenvalue weighted by molar-refractivity contribution is -0.145. The minimum atomic E-state index is -2.83. The van der Waals surface area contributed by atoms with Gasteiger partial charge in [-0.2, -0.15) is 0 Å². The number of ether oxygens (including phenoxy) is 1. The molecule has 4 N–H and O–H groups in total. The number of ketones is 1. The Kier molecular flexibility index (Phi) is 7.96. The van der Waals surface area contributed by atoms with Gasteiger partial charge in [0.1, 0.15) is 17.7 Å². The molecule has 1 heterocycles. The first kappa shape index (κ1) is 30.2. The fourth-order valence-corrected chi connectivity index (χ4v) is 6.55. The van der Waals surface area contributed by atoms with Gasteiger partial charge in [0, 0.05) is 19.4 Å². The molecule has 4 aliphatic rings. The summed E-state index contributed by atoms with van der Waals surface area (Å²) in [6.45, 7) is 9.27. The van der Waals surface area contributed by atoms with E-state index in [4.69, 9.17) is 10.5 Å². The summed E-state index contributed by atoms with van der Waals surface area (Å²) in [6, 6.07) is -3.18. The number of rotatable bonds is 9. The number of halogens is 2. The smallest absolute Gasteiger partial charge is 0.408 e. The molecule has 10 nitrogen and oxygen atoms in total. The Bertz CT molecular complexity index is 1060. The maximum atomic E-state index is 14.1. The molecule has 1 aliphatic heterocycles. The molecule has 224 valence electrons. The van der Waals surface area contributed by atoms with Gasteiger partial charge in [-0.3, -0.25) is 19.2 Å². The predicted molar refractivity (Wildman–Crippen MR) is 140 cm³/mol. The quantitative estimate of drug-likeness (QED) is 0.364. The average Bonchev–Trinajstić information content (AvgIpc) is 3.67. The fraction of sp³-hybridized carbons (Fsp3) is 0.821. The van der Waals surface area contributed by atoms with Crippen molar-refractivity contribution >= 4 is 29.6 Å². The number of amides is 4. The van der Waals surface area contributed by atoms with Crippen molar-refractivity contribution in [3.05, 3.63) is 0 Å². The molecule has 1 saturated heterocycles. The molecule has 4 rings (SSSR count). The summed E-state index contributed by atoms with van der Waals surface area (Å²) < 4.78 is 33.3. The van der Waals surface area contributed by atoms with E-state index in [0.29, 0.717) is 6.42 Å². The van der Waals surface area contributed by atoms with Crippen LogP contribution in [0.25, 0.3) is 0 Å². The van der Waals surface area contributed by atoms with Gasteiger partial charge in [-0.25, -0.2) is 13.6 Å². The van der Waals surface area contributed by atoms with Gasteiger partial charge in [0.25, 0.3) is 5.91 Å². The van der Waals surface area contributed by atoms with Crippen molar-refractivity contribution < 1.29 is 37.5 Å². The van der Waals surface area contributed by atoms with Crippen molar-refractivity contribution in [2.75, 3.05) is 6.54 Å². The third-order valence-electron chi connectivity index (χ3n) is 9.07. The van der Waals surface area contributed by atoms with Crippen molar-refractivity contribution in [3.8, 4) is 0 Å². The highest BCUT2D eigenvalue weighted by Crippen LogP contribution is 2.65. The molecule has 5 atom stereocenters. The lowest BCUT2D eigenvalue weighted by atomic mass is 9.81. The largest absolute Gasteiger partial charge is 0.444 e. The molecule has 3 aliphatic carbocycles. The second-order valence-electron chi connectivity index (χ2n) is 13.7. The highest BCUT2D eigenvalue weighted by atomic mass is 19.3. The average molecular weight is 569 g/mol. The summed E-state index contributed by atoms with van der Waals surface area (Å²) in [4.78, 5) is 66.1. The summed E-state index contributed by atoms with van der Waals surface area (Å²) in [5.41, 5.74) is 4.16. The Morgan fingerprint density at radius 3 is 2.15 bits per heavy atom. The Morgan fingerprint density at radius 2 is 1.62 bits per heavy atom. The number of hydrogen-bond donors (Lipinski definition) is 3. The fourth-order valence-electron chi connectivity index (χ4n) is 6.55. The Hall–Kier alpha value is -2.79. The number of fused-ring (bicyclic) bond motifs is 1. The summed E-state index contributed by atoms with van der Waals surface area (Å²) in [5, 5.41) is 5.32. The van der Waals surface area contributed by atoms with Crippen LogP contribution in [0, 0.1) is 29.1 Å². The zero-order valence-corrected chi connectivity index (χ0v) is 23.9. The van der Waals surface area contributed by atoms with E-state index in [1.807, 2.05) is 13.8 Å². The Morgan fingerprint density at radius 1 is 1.02 bits per heavy atom. The molecule has 0 radical (unpaired) electrons. The normalized spacial score (nSPS) is 28.6. The number of carbonyl (C=O) groups is 5. The first-order valence-corrected chi connectivity index (χ1v) is 14.2. The minimum Gasteiger partial charge on any atom is -0.444 e. The van der Waals surface area contributed by atoms with E-state index >= 15 is 0 Å². The zero-order chi connectivity index (χ0) is 29.8. The van der Waals surface area contributed by atoms with Gasteiger partial charge < -0.3 is 26.0 Å². The standard InChI is InChI=1S/C28H42F2N4O6/c1-26(2,3)40-25(39)33-19(15-8-10-28(29,30)11-9-15)24(38)34-13-16-18(27(16,4)5)20(34)23(37)32-17(12-14-6-7-14)21(35)22(31)36/h14-20H,6-13H2,1-5H3,(H2,31,36)(H,32,37)(H,33,39)/t16?,17?,18?,19?,20-/m0/s1. The highest BCUT2D eigenvalue weighted by molar-refractivity contribution is 6.37. The monoisotopic (exact) mass is 568 g/mol. The molecule has 0 aromatic carbocycles. The highest BCUT2D eigenvalue weighted by Gasteiger charge is 2.70. The Balaban J connectivity index is 1.57. The van der Waals surface area contributed by atoms with Crippen LogP contribution in [-0.2, 0) is 23.9 Å². The second kappa shape index (κ2) is 10.6. The van der Waals surface area contributed by atoms with Crippen LogP contribution in [0.4, 0.5) is 13.6 Å². The summed E-state index contributed by atoms with van der Waals surface area (Å²) in [5.74, 6) is -6.47. The molecule has 0 spiro atoms. The van der Waals surface area contributed by atoms with Crippen molar-refractivity contribution in [3.63, 3.8) is 0 Å². The van der Waals surface area contributed by atoms with Crippen LogP contribution in [0.5, 0.6) is 0 Å². The number of alkyl carbamates (subject to hydrolysis) is 1. The van der Waals surface area contributed by atoms with E-state index in [2.05, 4.69) is 10.6 Å². The van der Waals surface area contributed by atoms with Crippen molar-refractivity contribution in [2.24, 2.45) is 34.8 Å². The first-order valence-electron chi connectivity index (χ1n) is 14.2. The number of primary amides is 1. The zero-order valence-electron chi connectivity index (χ0n) is 23.9. The topological polar surface area (TPSA) is 148 Å². The molecule has 40 heavy (non-hydrogen) atoms. The SMILES string of the molecule is CC(C)(C)OC(=O)NC(C(=O)N1CC2C([C@H]1C(=O)NC(CC1CC1)C(=O)C(N)=O)C2(C)C)C1CCC(F)(F)CC1. The molecule has 4 unspecified atom stereocenters. The van der Waals surface area contributed by atoms with Crippen molar-refractivity contribution in [1.82, 2.24) is 15.5 Å². The molecule has 0 aromatic rings. The minimum absolute atomic E-state index is 0.0128. The van der Waals surface area contributed by atoms with E-state index in [9.17, 15) is 32.8 Å². The lowest BCUT2D eigenvalue weighted by Crippen LogP contribution is -2.60. The van der Waals surface area contributed by atoms with E-state index in [1.54, 1.807) is 20.8 Å². The summed E-state index contributed by atoms with van der Waals surface area (Å²) >= 11 is 0. The molecule has 3 saturated carbocycles.